The van der Waals surface area contributed by atoms with Crippen LogP contribution in [0.25, 0.3) is 5.76 Å². The molecule has 0 aliphatic heterocycles. The highest BCUT2D eigenvalue weighted by molar-refractivity contribution is 7.80. The molecule has 122 valence electrons. The average molecular weight is 340 g/mol. The summed E-state index contributed by atoms with van der Waals surface area (Å²) < 4.78 is 4.98. The number of carbonyl (C=O) groups excluding carboxylic acids is 1. The van der Waals surface area contributed by atoms with Crippen molar-refractivity contribution in [3.63, 3.8) is 0 Å². The van der Waals surface area contributed by atoms with E-state index in [1.165, 1.54) is 6.21 Å². The third-order valence-corrected chi connectivity index (χ3v) is 3.38. The molecule has 0 aliphatic rings. The minimum atomic E-state index is -0.667. The molecule has 6 heteroatoms. The normalized spacial score (nSPS) is 11.9. The molecule has 2 aromatic rings. The number of hydrogen-bond donors (Lipinski definition) is 1. The lowest BCUT2D eigenvalue weighted by atomic mass is 10.1. The van der Waals surface area contributed by atoms with Gasteiger partial charge >= 0.3 is 5.97 Å². The van der Waals surface area contributed by atoms with Crippen molar-refractivity contribution in [2.75, 3.05) is 6.61 Å². The molecule has 1 aromatic carbocycles. The van der Waals surface area contributed by atoms with Gasteiger partial charge in [0, 0.05) is 29.7 Å². The van der Waals surface area contributed by atoms with Crippen molar-refractivity contribution < 1.29 is 14.6 Å². The number of esters is 1. The first-order chi connectivity index (χ1) is 11.6. The molecular weight excluding hydrogens is 324 g/mol. The monoisotopic (exact) mass is 340 g/mol. The van der Waals surface area contributed by atoms with E-state index < -0.39 is 5.97 Å². The van der Waals surface area contributed by atoms with Crippen LogP contribution in [-0.4, -0.2) is 33.9 Å². The van der Waals surface area contributed by atoms with Crippen LogP contribution in [-0.2, 0) is 9.53 Å². The third kappa shape index (κ3) is 4.57. The van der Waals surface area contributed by atoms with Gasteiger partial charge in [0.15, 0.2) is 0 Å². The second-order valence-electron chi connectivity index (χ2n) is 4.65. The van der Waals surface area contributed by atoms with Crippen molar-refractivity contribution in [1.82, 2.24) is 4.98 Å². The molecule has 0 saturated carbocycles. The van der Waals surface area contributed by atoms with Crippen molar-refractivity contribution in [1.29, 1.82) is 0 Å². The molecule has 1 heterocycles. The molecule has 24 heavy (non-hydrogen) atoms. The summed E-state index contributed by atoms with van der Waals surface area (Å²) >= 11 is 5.21. The first-order valence-electron chi connectivity index (χ1n) is 7.27. The molecule has 0 atom stereocenters. The summed E-state index contributed by atoms with van der Waals surface area (Å²) in [7, 11) is 0. The number of rotatable bonds is 5. The van der Waals surface area contributed by atoms with Gasteiger partial charge in [-0.15, -0.1) is 0 Å². The van der Waals surface area contributed by atoms with Crippen LogP contribution in [0.4, 0.5) is 0 Å². The van der Waals surface area contributed by atoms with E-state index in [2.05, 4.69) is 9.98 Å². The highest BCUT2D eigenvalue weighted by Crippen LogP contribution is 2.16. The molecular formula is C18H16N2O3S. The van der Waals surface area contributed by atoms with Crippen LogP contribution >= 0.6 is 12.2 Å². The summed E-state index contributed by atoms with van der Waals surface area (Å²) in [6.45, 7) is 1.88. The van der Waals surface area contributed by atoms with Crippen molar-refractivity contribution in [3.8, 4) is 0 Å². The standard InChI is InChI=1S/C18H16N2O3S/c1-2-23-18(22)15(16(21)13-6-4-3-5-7-13)12-20-17(24)14-8-10-19-11-9-14/h3-12,21H,2H2,1H3/b16-15-,20-12?. The van der Waals surface area contributed by atoms with Crippen LogP contribution in [0.3, 0.4) is 0 Å². The van der Waals surface area contributed by atoms with E-state index in [1.54, 1.807) is 55.7 Å². The Bertz CT molecular complexity index is 771. The number of thiocarbonyl (C=S) groups is 1. The van der Waals surface area contributed by atoms with Crippen molar-refractivity contribution in [2.45, 2.75) is 6.92 Å². The van der Waals surface area contributed by atoms with Gasteiger partial charge in [0.2, 0.25) is 0 Å². The highest BCUT2D eigenvalue weighted by atomic mass is 32.1. The highest BCUT2D eigenvalue weighted by Gasteiger charge is 2.16. The Hall–Kier alpha value is -2.86. The van der Waals surface area contributed by atoms with E-state index in [9.17, 15) is 9.90 Å². The van der Waals surface area contributed by atoms with Gasteiger partial charge in [-0.2, -0.15) is 0 Å². The number of ether oxygens (including phenoxy) is 1. The molecule has 0 fully saturated rings. The summed E-state index contributed by atoms with van der Waals surface area (Å²) in [4.78, 5) is 20.4. The van der Waals surface area contributed by atoms with Crippen LogP contribution in [0.15, 0.2) is 65.4 Å². The summed E-state index contributed by atoms with van der Waals surface area (Å²) in [6.07, 6.45) is 4.42. The largest absolute Gasteiger partial charge is 0.506 e. The first-order valence-corrected chi connectivity index (χ1v) is 7.68. The molecule has 0 saturated heterocycles. The summed E-state index contributed by atoms with van der Waals surface area (Å²) in [6, 6.07) is 12.1. The number of aromatic nitrogens is 1. The smallest absolute Gasteiger partial charge is 0.343 e. The number of nitrogens with zero attached hydrogens (tertiary/aromatic N) is 2. The first kappa shape index (κ1) is 17.5. The van der Waals surface area contributed by atoms with E-state index in [1.807, 2.05) is 6.07 Å². The maximum atomic E-state index is 12.1. The predicted molar refractivity (Wildman–Crippen MR) is 97.1 cm³/mol. The van der Waals surface area contributed by atoms with Gasteiger partial charge in [-0.1, -0.05) is 42.5 Å². The fourth-order valence-corrected chi connectivity index (χ4v) is 2.05. The molecule has 0 bridgehead atoms. The minimum absolute atomic E-state index is 0.0561. The third-order valence-electron chi connectivity index (χ3n) is 3.04. The maximum absolute atomic E-state index is 12.1. The fourth-order valence-electron chi connectivity index (χ4n) is 1.86. The number of carbonyl (C=O) groups is 1. The Morgan fingerprint density at radius 2 is 1.88 bits per heavy atom. The zero-order valence-corrected chi connectivity index (χ0v) is 13.9. The molecule has 1 aromatic heterocycles. The molecule has 0 aliphatic carbocycles. The molecule has 2 rings (SSSR count). The maximum Gasteiger partial charge on any atom is 0.343 e. The molecule has 0 amide bonds. The van der Waals surface area contributed by atoms with Gasteiger partial charge in [-0.3, -0.25) is 4.98 Å². The number of aliphatic hydroxyl groups excluding tert-OH is 1. The lowest BCUT2D eigenvalue weighted by Gasteiger charge is -2.07. The summed E-state index contributed by atoms with van der Waals surface area (Å²) in [5.74, 6) is -0.879. The van der Waals surface area contributed by atoms with Crippen LogP contribution in [0.1, 0.15) is 18.1 Å². The summed E-state index contributed by atoms with van der Waals surface area (Å²) in [5, 5.41) is 10.4. The number of pyridine rings is 1. The van der Waals surface area contributed by atoms with Gasteiger partial charge in [0.1, 0.15) is 16.3 Å². The Kier molecular flexibility index (Phi) is 6.33. The number of aliphatic imine (C=N–C) groups is 1. The van der Waals surface area contributed by atoms with Crippen molar-refractivity contribution >= 4 is 35.1 Å². The lowest BCUT2D eigenvalue weighted by molar-refractivity contribution is -0.137. The van der Waals surface area contributed by atoms with E-state index in [0.29, 0.717) is 11.1 Å². The Morgan fingerprint density at radius 3 is 2.50 bits per heavy atom. The lowest BCUT2D eigenvalue weighted by Crippen LogP contribution is -2.12. The van der Waals surface area contributed by atoms with Crippen molar-refractivity contribution in [2.24, 2.45) is 4.99 Å². The molecule has 0 radical (unpaired) electrons. The van der Waals surface area contributed by atoms with Gasteiger partial charge < -0.3 is 9.84 Å². The van der Waals surface area contributed by atoms with Gasteiger partial charge in [0.25, 0.3) is 0 Å². The van der Waals surface area contributed by atoms with Crippen molar-refractivity contribution in [3.05, 3.63) is 71.6 Å². The second kappa shape index (κ2) is 8.69. The van der Waals surface area contributed by atoms with Crippen LogP contribution in [0, 0.1) is 0 Å². The van der Waals surface area contributed by atoms with Gasteiger partial charge in [0.05, 0.1) is 6.61 Å². The van der Waals surface area contributed by atoms with Gasteiger partial charge in [-0.05, 0) is 19.1 Å². The van der Waals surface area contributed by atoms with E-state index >= 15 is 0 Å². The predicted octanol–water partition coefficient (Wildman–Crippen LogP) is 3.36. The van der Waals surface area contributed by atoms with E-state index in [0.717, 1.165) is 0 Å². The fraction of sp³-hybridized carbons (Fsp3) is 0.111. The van der Waals surface area contributed by atoms with Gasteiger partial charge in [-0.25, -0.2) is 9.79 Å². The summed E-state index contributed by atoms with van der Waals surface area (Å²) in [5.41, 5.74) is 1.12. The Morgan fingerprint density at radius 1 is 1.21 bits per heavy atom. The topological polar surface area (TPSA) is 71.8 Å². The van der Waals surface area contributed by atoms with Crippen LogP contribution in [0.2, 0.25) is 0 Å². The number of benzene rings is 1. The zero-order valence-electron chi connectivity index (χ0n) is 13.0. The molecule has 5 nitrogen and oxygen atoms in total. The minimum Gasteiger partial charge on any atom is -0.506 e. The van der Waals surface area contributed by atoms with E-state index in [-0.39, 0.29) is 22.9 Å². The number of hydrogen-bond acceptors (Lipinski definition) is 5. The Balaban J connectivity index is 2.35. The van der Waals surface area contributed by atoms with Crippen LogP contribution < -0.4 is 0 Å². The Labute approximate surface area is 145 Å². The number of aliphatic hydroxyl groups is 1. The van der Waals surface area contributed by atoms with Crippen LogP contribution in [0.5, 0.6) is 0 Å². The molecule has 1 N–H and O–H groups in total. The molecule has 0 unspecified atom stereocenters. The quantitative estimate of drug-likeness (QED) is 0.297. The second-order valence-corrected chi connectivity index (χ2v) is 5.03. The SMILES string of the molecule is CCOC(=O)/C(C=NC(=S)c1ccncc1)=C(\O)c1ccccc1. The van der Waals surface area contributed by atoms with E-state index in [4.69, 9.17) is 17.0 Å². The molecule has 0 spiro atoms. The average Bonchev–Trinajstić information content (AvgIpc) is 2.63. The zero-order chi connectivity index (χ0) is 17.4.